The first-order valence-corrected chi connectivity index (χ1v) is 6.12. The van der Waals surface area contributed by atoms with Crippen LogP contribution in [0.3, 0.4) is 0 Å². The molecular formula is C14H19NO2. The van der Waals surface area contributed by atoms with E-state index in [0.717, 1.165) is 19.3 Å². The number of aliphatic carboxylic acids is 1. The standard InChI is InChI=1S/C14H19NO2/c15-10-14(9-13(16)17)7-6-12(8-14)11-4-2-1-3-5-11/h1-5,12H,6-10,15H2,(H,16,17)/t12?,14-/m1/s1. The van der Waals surface area contributed by atoms with Crippen molar-refractivity contribution >= 4 is 5.97 Å². The van der Waals surface area contributed by atoms with Crippen LogP contribution in [0.25, 0.3) is 0 Å². The predicted molar refractivity (Wildman–Crippen MR) is 66.8 cm³/mol. The monoisotopic (exact) mass is 233 g/mol. The van der Waals surface area contributed by atoms with Crippen LogP contribution in [0.2, 0.25) is 0 Å². The average Bonchev–Trinajstić information content (AvgIpc) is 2.74. The molecule has 1 aromatic carbocycles. The van der Waals surface area contributed by atoms with Crippen molar-refractivity contribution in [2.75, 3.05) is 6.54 Å². The Morgan fingerprint density at radius 1 is 1.41 bits per heavy atom. The average molecular weight is 233 g/mol. The van der Waals surface area contributed by atoms with Crippen LogP contribution in [0.4, 0.5) is 0 Å². The minimum absolute atomic E-state index is 0.188. The Morgan fingerprint density at radius 2 is 2.12 bits per heavy atom. The number of carboxylic acids is 1. The van der Waals surface area contributed by atoms with Gasteiger partial charge in [-0.2, -0.15) is 0 Å². The Hall–Kier alpha value is -1.35. The van der Waals surface area contributed by atoms with Gasteiger partial charge in [0.25, 0.3) is 0 Å². The summed E-state index contributed by atoms with van der Waals surface area (Å²) in [6.45, 7) is 0.475. The Labute approximate surface area is 102 Å². The summed E-state index contributed by atoms with van der Waals surface area (Å²) in [5.74, 6) is -0.261. The first-order chi connectivity index (χ1) is 8.15. The first-order valence-electron chi connectivity index (χ1n) is 6.12. The fourth-order valence-electron chi connectivity index (χ4n) is 2.96. The van der Waals surface area contributed by atoms with Crippen molar-refractivity contribution in [3.63, 3.8) is 0 Å². The molecule has 1 unspecified atom stereocenters. The zero-order chi connectivity index (χ0) is 12.3. The number of carbonyl (C=O) groups is 1. The zero-order valence-corrected chi connectivity index (χ0v) is 9.93. The van der Waals surface area contributed by atoms with Gasteiger partial charge in [-0.05, 0) is 42.7 Å². The van der Waals surface area contributed by atoms with E-state index in [1.165, 1.54) is 5.56 Å². The molecule has 0 aromatic heterocycles. The van der Waals surface area contributed by atoms with E-state index >= 15 is 0 Å². The van der Waals surface area contributed by atoms with Crippen molar-refractivity contribution in [2.45, 2.75) is 31.6 Å². The largest absolute Gasteiger partial charge is 0.481 e. The van der Waals surface area contributed by atoms with Gasteiger partial charge < -0.3 is 10.8 Å². The quantitative estimate of drug-likeness (QED) is 0.839. The van der Waals surface area contributed by atoms with E-state index < -0.39 is 5.97 Å². The molecule has 2 atom stereocenters. The summed E-state index contributed by atoms with van der Waals surface area (Å²) in [7, 11) is 0. The van der Waals surface area contributed by atoms with Gasteiger partial charge in [-0.25, -0.2) is 0 Å². The fourth-order valence-corrected chi connectivity index (χ4v) is 2.96. The normalized spacial score (nSPS) is 28.2. The van der Waals surface area contributed by atoms with E-state index in [9.17, 15) is 4.79 Å². The molecule has 0 aliphatic heterocycles. The second kappa shape index (κ2) is 4.88. The summed E-state index contributed by atoms with van der Waals surface area (Å²) in [5, 5.41) is 8.97. The van der Waals surface area contributed by atoms with Gasteiger partial charge in [-0.3, -0.25) is 4.79 Å². The third kappa shape index (κ3) is 2.67. The molecule has 3 N–H and O–H groups in total. The Kier molecular flexibility index (Phi) is 3.48. The van der Waals surface area contributed by atoms with Crippen molar-refractivity contribution in [1.82, 2.24) is 0 Å². The smallest absolute Gasteiger partial charge is 0.303 e. The maximum Gasteiger partial charge on any atom is 0.303 e. The minimum atomic E-state index is -0.732. The van der Waals surface area contributed by atoms with Gasteiger partial charge in [0, 0.05) is 0 Å². The van der Waals surface area contributed by atoms with Crippen LogP contribution < -0.4 is 5.73 Å². The molecule has 0 bridgehead atoms. The Morgan fingerprint density at radius 3 is 2.71 bits per heavy atom. The molecule has 92 valence electrons. The number of nitrogens with two attached hydrogens (primary N) is 1. The minimum Gasteiger partial charge on any atom is -0.481 e. The predicted octanol–water partition coefficient (Wildman–Crippen LogP) is 2.37. The van der Waals surface area contributed by atoms with E-state index in [1.54, 1.807) is 0 Å². The molecule has 0 heterocycles. The highest BCUT2D eigenvalue weighted by atomic mass is 16.4. The highest BCUT2D eigenvalue weighted by Crippen LogP contribution is 2.48. The number of hydrogen-bond acceptors (Lipinski definition) is 2. The molecule has 1 fully saturated rings. The highest BCUT2D eigenvalue weighted by molar-refractivity contribution is 5.67. The lowest BCUT2D eigenvalue weighted by Gasteiger charge is -2.25. The van der Waals surface area contributed by atoms with Gasteiger partial charge in [-0.1, -0.05) is 30.3 Å². The molecular weight excluding hydrogens is 214 g/mol. The van der Waals surface area contributed by atoms with Crippen LogP contribution in [0, 0.1) is 5.41 Å². The van der Waals surface area contributed by atoms with Gasteiger partial charge in [0.2, 0.25) is 0 Å². The van der Waals surface area contributed by atoms with Gasteiger partial charge in [0.1, 0.15) is 0 Å². The van der Waals surface area contributed by atoms with Gasteiger partial charge in [0.15, 0.2) is 0 Å². The van der Waals surface area contributed by atoms with Crippen molar-refractivity contribution < 1.29 is 9.90 Å². The maximum absolute atomic E-state index is 10.9. The lowest BCUT2D eigenvalue weighted by atomic mass is 9.81. The van der Waals surface area contributed by atoms with Crippen LogP contribution >= 0.6 is 0 Å². The Bertz CT molecular complexity index is 390. The summed E-state index contributed by atoms with van der Waals surface area (Å²) >= 11 is 0. The van der Waals surface area contributed by atoms with Crippen LogP contribution in [0.15, 0.2) is 30.3 Å². The maximum atomic E-state index is 10.9. The summed E-state index contributed by atoms with van der Waals surface area (Å²) in [6, 6.07) is 10.3. The Balaban J connectivity index is 2.10. The second-order valence-corrected chi connectivity index (χ2v) is 5.13. The van der Waals surface area contributed by atoms with Crippen molar-refractivity contribution in [3.8, 4) is 0 Å². The van der Waals surface area contributed by atoms with Crippen LogP contribution in [-0.2, 0) is 4.79 Å². The molecule has 1 aliphatic rings. The summed E-state index contributed by atoms with van der Waals surface area (Å²) in [6.07, 6.45) is 3.08. The van der Waals surface area contributed by atoms with E-state index in [1.807, 2.05) is 18.2 Å². The van der Waals surface area contributed by atoms with E-state index in [0.29, 0.717) is 12.5 Å². The number of rotatable bonds is 4. The molecule has 1 aliphatic carbocycles. The summed E-state index contributed by atoms with van der Waals surface area (Å²) in [5.41, 5.74) is 6.92. The van der Waals surface area contributed by atoms with Crippen LogP contribution in [0.1, 0.15) is 37.2 Å². The molecule has 0 radical (unpaired) electrons. The first kappa shape index (κ1) is 12.1. The van der Waals surface area contributed by atoms with E-state index in [-0.39, 0.29) is 11.8 Å². The molecule has 1 saturated carbocycles. The van der Waals surface area contributed by atoms with Gasteiger partial charge >= 0.3 is 5.97 Å². The number of benzene rings is 1. The lowest BCUT2D eigenvalue weighted by Crippen LogP contribution is -2.30. The second-order valence-electron chi connectivity index (χ2n) is 5.13. The third-order valence-electron chi connectivity index (χ3n) is 3.93. The lowest BCUT2D eigenvalue weighted by molar-refractivity contribution is -0.139. The van der Waals surface area contributed by atoms with Gasteiger partial charge in [0.05, 0.1) is 6.42 Å². The molecule has 3 heteroatoms. The zero-order valence-electron chi connectivity index (χ0n) is 9.93. The molecule has 0 saturated heterocycles. The van der Waals surface area contributed by atoms with Crippen molar-refractivity contribution in [3.05, 3.63) is 35.9 Å². The summed E-state index contributed by atoms with van der Waals surface area (Å²) in [4.78, 5) is 10.9. The summed E-state index contributed by atoms with van der Waals surface area (Å²) < 4.78 is 0. The molecule has 3 nitrogen and oxygen atoms in total. The fraction of sp³-hybridized carbons (Fsp3) is 0.500. The number of carboxylic acid groups (broad SMARTS) is 1. The topological polar surface area (TPSA) is 63.3 Å². The SMILES string of the molecule is NC[C@]1(CC(=O)O)CCC(c2ccccc2)C1. The highest BCUT2D eigenvalue weighted by Gasteiger charge is 2.40. The van der Waals surface area contributed by atoms with E-state index in [4.69, 9.17) is 10.8 Å². The molecule has 17 heavy (non-hydrogen) atoms. The molecule has 2 rings (SSSR count). The van der Waals surface area contributed by atoms with Crippen LogP contribution in [0.5, 0.6) is 0 Å². The third-order valence-corrected chi connectivity index (χ3v) is 3.93. The number of hydrogen-bond donors (Lipinski definition) is 2. The van der Waals surface area contributed by atoms with E-state index in [2.05, 4.69) is 12.1 Å². The molecule has 0 spiro atoms. The van der Waals surface area contributed by atoms with Crippen molar-refractivity contribution in [1.29, 1.82) is 0 Å². The van der Waals surface area contributed by atoms with Crippen LogP contribution in [-0.4, -0.2) is 17.6 Å². The van der Waals surface area contributed by atoms with Gasteiger partial charge in [-0.15, -0.1) is 0 Å². The molecule has 1 aromatic rings. The van der Waals surface area contributed by atoms with Crippen molar-refractivity contribution in [2.24, 2.45) is 11.1 Å². The molecule has 0 amide bonds.